The molecule has 1 atom stereocenters. The predicted molar refractivity (Wildman–Crippen MR) is 229 cm³/mol. The number of benzene rings is 5. The van der Waals surface area contributed by atoms with Gasteiger partial charge in [-0.1, -0.05) is 86.6 Å². The van der Waals surface area contributed by atoms with E-state index in [9.17, 15) is 23.7 Å². The summed E-state index contributed by atoms with van der Waals surface area (Å²) < 4.78 is 61.9. The lowest BCUT2D eigenvalue weighted by molar-refractivity contribution is -0.150. The Morgan fingerprint density at radius 3 is 1.85 bits per heavy atom. The van der Waals surface area contributed by atoms with Crippen molar-refractivity contribution in [3.63, 3.8) is 0 Å². The van der Waals surface area contributed by atoms with Gasteiger partial charge in [0.25, 0.3) is 0 Å². The summed E-state index contributed by atoms with van der Waals surface area (Å²) in [6.45, 7) is 7.68. The van der Waals surface area contributed by atoms with E-state index in [1.807, 2.05) is 74.5 Å². The number of amides is 2. The largest absolute Gasteiger partial charge is 0.475 e. The van der Waals surface area contributed by atoms with Crippen LogP contribution in [-0.2, 0) is 46.3 Å². The minimum atomic E-state index is -4.05. The molecule has 5 aromatic rings. The number of nitrogens with zero attached hydrogens (tertiary/aromatic N) is 1. The average molecular weight is 855 g/mol. The number of halogens is 1. The smallest absolute Gasteiger partial charge is 0.463 e. The number of carbonyl (C=O) groups excluding carboxylic acids is 2. The molecule has 1 unspecified atom stereocenters. The zero-order valence-electron chi connectivity index (χ0n) is 34.8. The van der Waals surface area contributed by atoms with Gasteiger partial charge in [-0.2, -0.15) is 0 Å². The van der Waals surface area contributed by atoms with Gasteiger partial charge in [0.2, 0.25) is 0 Å². The molecule has 1 heterocycles. The predicted octanol–water partition coefficient (Wildman–Crippen LogP) is 10.8. The summed E-state index contributed by atoms with van der Waals surface area (Å²) in [5.41, 5.74) is 0.552. The van der Waals surface area contributed by atoms with Gasteiger partial charge in [-0.05, 0) is 85.7 Å². The first kappa shape index (κ1) is 45.0. The number of ether oxygens (including phenoxy) is 3. The molecule has 0 aromatic heterocycles. The summed E-state index contributed by atoms with van der Waals surface area (Å²) in [6, 6.07) is 35.3. The lowest BCUT2D eigenvalue weighted by Crippen LogP contribution is -2.38. The molecule has 0 bridgehead atoms. The molecule has 0 spiro atoms. The number of aliphatic hydroxyl groups is 1. The second-order valence-corrected chi connectivity index (χ2v) is 17.5. The Morgan fingerprint density at radius 2 is 1.31 bits per heavy atom. The molecule has 1 saturated heterocycles. The van der Waals surface area contributed by atoms with Gasteiger partial charge in [0.15, 0.2) is 0 Å². The minimum absolute atomic E-state index is 0.00423. The number of hydrogen-bond acceptors (Lipinski definition) is 10. The van der Waals surface area contributed by atoms with E-state index < -0.39 is 30.6 Å². The summed E-state index contributed by atoms with van der Waals surface area (Å²) in [7, 11) is -4.05. The monoisotopic (exact) mass is 854 g/mol. The quantitative estimate of drug-likeness (QED) is 0.0468. The van der Waals surface area contributed by atoms with Gasteiger partial charge < -0.3 is 29.5 Å². The zero-order valence-corrected chi connectivity index (χ0v) is 35.6. The molecular formula is C47H52FN2O10P. The second-order valence-electron chi connectivity index (χ2n) is 15.9. The number of nitrogens with one attached hydrogen (secondary N) is 1. The summed E-state index contributed by atoms with van der Waals surface area (Å²) in [5, 5.41) is 13.9. The molecule has 2 N–H and O–H groups in total. The maximum atomic E-state index is 13.6. The van der Waals surface area contributed by atoms with Crippen LogP contribution in [0.25, 0.3) is 0 Å². The van der Waals surface area contributed by atoms with Gasteiger partial charge in [0.05, 0.1) is 37.4 Å². The van der Waals surface area contributed by atoms with Crippen molar-refractivity contribution >= 4 is 25.5 Å². The van der Waals surface area contributed by atoms with E-state index in [4.69, 9.17) is 27.8 Å². The molecule has 0 radical (unpaired) electrons. The van der Waals surface area contributed by atoms with E-state index in [0.717, 1.165) is 11.1 Å². The third-order valence-electron chi connectivity index (χ3n) is 9.94. The van der Waals surface area contributed by atoms with Crippen LogP contribution in [0.3, 0.4) is 0 Å². The van der Waals surface area contributed by atoms with E-state index in [0.29, 0.717) is 53.6 Å². The van der Waals surface area contributed by atoms with Crippen LogP contribution < -0.4 is 14.8 Å². The summed E-state index contributed by atoms with van der Waals surface area (Å²) >= 11 is 0. The van der Waals surface area contributed by atoms with Crippen LogP contribution in [0.1, 0.15) is 57.2 Å². The third kappa shape index (κ3) is 13.2. The first-order chi connectivity index (χ1) is 29.2. The molecule has 6 rings (SSSR count). The number of hydrogen-bond donors (Lipinski definition) is 2. The Balaban J connectivity index is 1.07. The van der Waals surface area contributed by atoms with Crippen molar-refractivity contribution in [1.82, 2.24) is 4.90 Å². The topological polar surface area (TPSA) is 142 Å². The Morgan fingerprint density at radius 1 is 0.770 bits per heavy atom. The standard InChI is InChI=1S/C47H52FN2O10P/c1-34(2)30-47(53)23-24-50(33-47)45(52)49-39-27-42(29-43(28-39)60-41-21-17-38(48)18-22-41)59-40-19-15-37(16-20-40)46(3,4)44(51)55-25-26-56-61(54,57-31-35-11-7-5-8-12-35)58-32-36-13-9-6-10-14-36/h5-22,27-29,34,53H,23-26,30-33H2,1-4H3,(H,49,52). The van der Waals surface area contributed by atoms with E-state index in [2.05, 4.69) is 5.32 Å². The Labute approximate surface area is 356 Å². The number of phosphoric ester groups is 1. The Kier molecular flexibility index (Phi) is 15.0. The van der Waals surface area contributed by atoms with E-state index in [-0.39, 0.29) is 44.9 Å². The number of esters is 1. The van der Waals surface area contributed by atoms with Crippen LogP contribution in [0.15, 0.2) is 127 Å². The van der Waals surface area contributed by atoms with Gasteiger partial charge in [-0.3, -0.25) is 18.4 Å². The molecule has 1 fully saturated rings. The number of urea groups is 1. The van der Waals surface area contributed by atoms with Crippen molar-refractivity contribution in [2.24, 2.45) is 5.92 Å². The molecule has 12 nitrogen and oxygen atoms in total. The number of carbonyl (C=O) groups is 2. The fourth-order valence-electron chi connectivity index (χ4n) is 6.78. The lowest BCUT2D eigenvalue weighted by atomic mass is 9.85. The van der Waals surface area contributed by atoms with Crippen LogP contribution >= 0.6 is 7.82 Å². The van der Waals surface area contributed by atoms with Crippen molar-refractivity contribution in [2.75, 3.05) is 31.6 Å². The van der Waals surface area contributed by atoms with Crippen molar-refractivity contribution in [2.45, 2.75) is 64.8 Å². The first-order valence-corrected chi connectivity index (χ1v) is 21.6. The van der Waals surface area contributed by atoms with Gasteiger partial charge >= 0.3 is 19.8 Å². The maximum absolute atomic E-state index is 13.6. The Bertz CT molecular complexity index is 2210. The number of phosphoric acid groups is 1. The maximum Gasteiger partial charge on any atom is 0.475 e. The molecule has 0 saturated carbocycles. The number of β-amino-alcohol motifs (C(OH)–C–C–N with tert-alkyl or cyclic N) is 1. The Hall–Kier alpha value is -5.56. The average Bonchev–Trinajstić information content (AvgIpc) is 3.63. The SMILES string of the molecule is CC(C)CC1(O)CCN(C(=O)Nc2cc(Oc3ccc(F)cc3)cc(Oc3ccc(C(C)(C)C(=O)OCCOP(=O)(OCc4ccccc4)OCc4ccccc4)cc3)c2)C1. The zero-order chi connectivity index (χ0) is 43.5. The van der Waals surface area contributed by atoms with Gasteiger partial charge in [0.1, 0.15) is 35.4 Å². The lowest BCUT2D eigenvalue weighted by Gasteiger charge is -2.25. The highest BCUT2D eigenvalue weighted by Crippen LogP contribution is 2.51. The van der Waals surface area contributed by atoms with Crippen LogP contribution in [0.5, 0.6) is 23.0 Å². The number of rotatable bonds is 19. The molecule has 5 aromatic carbocycles. The molecule has 14 heteroatoms. The highest BCUT2D eigenvalue weighted by molar-refractivity contribution is 7.48. The van der Waals surface area contributed by atoms with Crippen LogP contribution in [0, 0.1) is 11.7 Å². The summed E-state index contributed by atoms with van der Waals surface area (Å²) in [6.07, 6.45) is 1.07. The number of likely N-dealkylation sites (tertiary alicyclic amines) is 1. The van der Waals surface area contributed by atoms with Crippen molar-refractivity contribution < 1.29 is 51.4 Å². The second kappa shape index (κ2) is 20.3. The summed E-state index contributed by atoms with van der Waals surface area (Å²) in [4.78, 5) is 28.3. The molecule has 0 aliphatic carbocycles. The molecule has 2 amide bonds. The fourth-order valence-corrected chi connectivity index (χ4v) is 7.92. The highest BCUT2D eigenvalue weighted by atomic mass is 31.2. The van der Waals surface area contributed by atoms with E-state index in [1.54, 1.807) is 61.2 Å². The van der Waals surface area contributed by atoms with Gasteiger partial charge in [-0.25, -0.2) is 13.8 Å². The highest BCUT2D eigenvalue weighted by Gasteiger charge is 2.38. The van der Waals surface area contributed by atoms with Crippen LogP contribution in [-0.4, -0.2) is 53.9 Å². The normalized spacial score (nSPS) is 15.4. The molecule has 322 valence electrons. The van der Waals surface area contributed by atoms with Crippen molar-refractivity contribution in [1.29, 1.82) is 0 Å². The van der Waals surface area contributed by atoms with Crippen molar-refractivity contribution in [3.05, 3.63) is 150 Å². The molecule has 1 aliphatic rings. The summed E-state index contributed by atoms with van der Waals surface area (Å²) in [5.74, 6) is 0.783. The molecule has 1 aliphatic heterocycles. The molecular weight excluding hydrogens is 802 g/mol. The fraction of sp³-hybridized carbons (Fsp3) is 0.319. The van der Waals surface area contributed by atoms with Gasteiger partial charge in [0, 0.05) is 30.4 Å². The van der Waals surface area contributed by atoms with E-state index in [1.165, 1.54) is 24.3 Å². The molecule has 61 heavy (non-hydrogen) atoms. The van der Waals surface area contributed by atoms with Gasteiger partial charge in [-0.15, -0.1) is 0 Å². The minimum Gasteiger partial charge on any atom is -0.463 e. The van der Waals surface area contributed by atoms with Crippen LogP contribution in [0.4, 0.5) is 14.9 Å². The third-order valence-corrected chi connectivity index (χ3v) is 11.3. The van der Waals surface area contributed by atoms with E-state index >= 15 is 0 Å². The van der Waals surface area contributed by atoms with Crippen molar-refractivity contribution in [3.8, 4) is 23.0 Å². The van der Waals surface area contributed by atoms with Crippen LogP contribution in [0.2, 0.25) is 0 Å². The number of anilines is 1. The first-order valence-electron chi connectivity index (χ1n) is 20.1.